The van der Waals surface area contributed by atoms with E-state index in [2.05, 4.69) is 10.6 Å². The second kappa shape index (κ2) is 7.30. The molecular weight excluding hydrogens is 300 g/mol. The average Bonchev–Trinajstić information content (AvgIpc) is 2.88. The number of carbonyl (C=O) groups excluding carboxylic acids is 2. The number of aliphatic carboxylic acids is 1. The Kier molecular flexibility index (Phi) is 5.41. The molecule has 1 heterocycles. The molecule has 126 valence electrons. The van der Waals surface area contributed by atoms with Crippen molar-refractivity contribution in [2.45, 2.75) is 39.0 Å². The summed E-state index contributed by atoms with van der Waals surface area (Å²) in [5.74, 6) is -1.12. The number of hydrogen-bond acceptors (Lipinski definition) is 4. The average molecular weight is 322 g/mol. The fourth-order valence-corrected chi connectivity index (χ4v) is 2.64. The minimum Gasteiger partial charge on any atom is -0.481 e. The summed E-state index contributed by atoms with van der Waals surface area (Å²) in [6, 6.07) is 1.72. The van der Waals surface area contributed by atoms with Crippen LogP contribution in [0.15, 0.2) is 16.7 Å². The third-order valence-corrected chi connectivity index (χ3v) is 4.29. The highest BCUT2D eigenvalue weighted by atomic mass is 16.4. The quantitative estimate of drug-likeness (QED) is 0.628. The Hall–Kier alpha value is -2.31. The maximum atomic E-state index is 11.8. The molecule has 0 aromatic carbocycles. The number of rotatable bonds is 8. The molecule has 0 aliphatic heterocycles. The molecule has 1 aliphatic rings. The molecule has 1 aromatic rings. The van der Waals surface area contributed by atoms with Crippen molar-refractivity contribution in [2.75, 3.05) is 13.1 Å². The Bertz CT molecular complexity index is 589. The smallest absolute Gasteiger partial charge is 0.310 e. The molecule has 1 fully saturated rings. The summed E-state index contributed by atoms with van der Waals surface area (Å²) < 4.78 is 5.08. The summed E-state index contributed by atoms with van der Waals surface area (Å²) in [6.07, 6.45) is 4.04. The Morgan fingerprint density at radius 1 is 1.26 bits per heavy atom. The lowest BCUT2D eigenvalue weighted by Crippen LogP contribution is -2.42. The van der Waals surface area contributed by atoms with Crippen molar-refractivity contribution in [2.24, 2.45) is 5.41 Å². The van der Waals surface area contributed by atoms with Crippen LogP contribution in [0, 0.1) is 12.3 Å². The molecule has 0 spiro atoms. The van der Waals surface area contributed by atoms with Crippen LogP contribution in [0.25, 0.3) is 0 Å². The van der Waals surface area contributed by atoms with Crippen LogP contribution in [-0.2, 0) is 9.59 Å². The summed E-state index contributed by atoms with van der Waals surface area (Å²) in [6.45, 7) is 2.59. The Morgan fingerprint density at radius 3 is 2.48 bits per heavy atom. The van der Waals surface area contributed by atoms with Crippen LogP contribution in [-0.4, -0.2) is 36.0 Å². The van der Waals surface area contributed by atoms with Gasteiger partial charge in [0.1, 0.15) is 0 Å². The molecule has 1 saturated carbocycles. The first-order valence-corrected chi connectivity index (χ1v) is 7.77. The number of furan rings is 1. The number of carboxylic acid groups (broad SMARTS) is 1. The van der Waals surface area contributed by atoms with Gasteiger partial charge in [-0.3, -0.25) is 14.4 Å². The van der Waals surface area contributed by atoms with E-state index < -0.39 is 11.4 Å². The van der Waals surface area contributed by atoms with Gasteiger partial charge < -0.3 is 20.2 Å². The van der Waals surface area contributed by atoms with Crippen LogP contribution in [0.4, 0.5) is 0 Å². The number of amides is 2. The fourth-order valence-electron chi connectivity index (χ4n) is 2.64. The highest BCUT2D eigenvalue weighted by Crippen LogP contribution is 2.44. The van der Waals surface area contributed by atoms with E-state index in [4.69, 9.17) is 4.42 Å². The lowest BCUT2D eigenvalue weighted by Gasteiger charge is -2.36. The van der Waals surface area contributed by atoms with Crippen LogP contribution >= 0.6 is 0 Å². The van der Waals surface area contributed by atoms with E-state index in [0.29, 0.717) is 38.1 Å². The standard InChI is InChI=1S/C16H22N2O5/c1-11-4-9-23-13(11)14(20)18-8-3-7-17-12(19)10-16(15(21)22)5-2-6-16/h4,9H,2-3,5-8,10H2,1H3,(H,17,19)(H,18,20)(H,21,22). The summed E-state index contributed by atoms with van der Waals surface area (Å²) in [7, 11) is 0. The third-order valence-electron chi connectivity index (χ3n) is 4.29. The maximum absolute atomic E-state index is 11.8. The molecule has 2 amide bonds. The Morgan fingerprint density at radius 2 is 1.96 bits per heavy atom. The Balaban J connectivity index is 1.62. The van der Waals surface area contributed by atoms with Crippen molar-refractivity contribution in [1.29, 1.82) is 0 Å². The number of carboxylic acids is 1. The summed E-state index contributed by atoms with van der Waals surface area (Å²) in [4.78, 5) is 34.8. The van der Waals surface area contributed by atoms with E-state index in [0.717, 1.165) is 12.0 Å². The maximum Gasteiger partial charge on any atom is 0.310 e. The first kappa shape index (κ1) is 17.1. The zero-order valence-electron chi connectivity index (χ0n) is 13.2. The molecule has 1 aliphatic carbocycles. The van der Waals surface area contributed by atoms with Gasteiger partial charge in [-0.2, -0.15) is 0 Å². The van der Waals surface area contributed by atoms with Crippen molar-refractivity contribution < 1.29 is 23.9 Å². The Labute approximate surface area is 134 Å². The molecule has 1 aromatic heterocycles. The molecule has 7 heteroatoms. The van der Waals surface area contributed by atoms with Crippen LogP contribution in [0.5, 0.6) is 0 Å². The highest BCUT2D eigenvalue weighted by Gasteiger charge is 2.45. The van der Waals surface area contributed by atoms with Gasteiger partial charge in [0.05, 0.1) is 11.7 Å². The second-order valence-electron chi connectivity index (χ2n) is 6.01. The lowest BCUT2D eigenvalue weighted by molar-refractivity contribution is -0.157. The normalized spacial score (nSPS) is 15.5. The molecule has 7 nitrogen and oxygen atoms in total. The SMILES string of the molecule is Cc1ccoc1C(=O)NCCCNC(=O)CC1(C(=O)O)CCC1. The molecule has 0 saturated heterocycles. The largest absolute Gasteiger partial charge is 0.481 e. The predicted octanol–water partition coefficient (Wildman–Crippen LogP) is 1.47. The van der Waals surface area contributed by atoms with Crippen LogP contribution in [0.2, 0.25) is 0 Å². The zero-order valence-corrected chi connectivity index (χ0v) is 13.2. The summed E-state index contributed by atoms with van der Waals surface area (Å²) >= 11 is 0. The predicted molar refractivity (Wildman–Crippen MR) is 81.9 cm³/mol. The monoisotopic (exact) mass is 322 g/mol. The minimum atomic E-state index is -0.889. The van der Waals surface area contributed by atoms with Crippen LogP contribution in [0.3, 0.4) is 0 Å². The van der Waals surface area contributed by atoms with Crippen molar-refractivity contribution in [3.8, 4) is 0 Å². The third kappa shape index (κ3) is 4.12. The first-order chi connectivity index (χ1) is 10.9. The van der Waals surface area contributed by atoms with Gasteiger partial charge in [0.2, 0.25) is 5.91 Å². The van der Waals surface area contributed by atoms with Gasteiger partial charge in [0.25, 0.3) is 5.91 Å². The van der Waals surface area contributed by atoms with Gasteiger partial charge in [-0.15, -0.1) is 0 Å². The number of nitrogens with one attached hydrogen (secondary N) is 2. The van der Waals surface area contributed by atoms with Gasteiger partial charge in [-0.05, 0) is 32.3 Å². The molecule has 3 N–H and O–H groups in total. The van der Waals surface area contributed by atoms with Gasteiger partial charge in [-0.1, -0.05) is 6.42 Å². The van der Waals surface area contributed by atoms with Gasteiger partial charge in [0, 0.05) is 25.1 Å². The summed E-state index contributed by atoms with van der Waals surface area (Å²) in [5, 5.41) is 14.6. The fraction of sp³-hybridized carbons (Fsp3) is 0.562. The molecular formula is C16H22N2O5. The summed E-state index contributed by atoms with van der Waals surface area (Å²) in [5.41, 5.74) is -0.0926. The van der Waals surface area contributed by atoms with E-state index in [1.165, 1.54) is 6.26 Å². The molecule has 23 heavy (non-hydrogen) atoms. The lowest BCUT2D eigenvalue weighted by atomic mass is 9.66. The van der Waals surface area contributed by atoms with Crippen molar-refractivity contribution in [3.05, 3.63) is 23.7 Å². The molecule has 0 atom stereocenters. The molecule has 0 bridgehead atoms. The highest BCUT2D eigenvalue weighted by molar-refractivity contribution is 5.92. The van der Waals surface area contributed by atoms with Crippen molar-refractivity contribution >= 4 is 17.8 Å². The molecule has 2 rings (SSSR count). The van der Waals surface area contributed by atoms with Gasteiger partial charge in [-0.25, -0.2) is 0 Å². The number of hydrogen-bond donors (Lipinski definition) is 3. The van der Waals surface area contributed by atoms with Crippen molar-refractivity contribution in [3.63, 3.8) is 0 Å². The second-order valence-corrected chi connectivity index (χ2v) is 6.01. The minimum absolute atomic E-state index is 0.0281. The van der Waals surface area contributed by atoms with Crippen LogP contribution in [0.1, 0.15) is 48.2 Å². The topological polar surface area (TPSA) is 109 Å². The van der Waals surface area contributed by atoms with Gasteiger partial charge in [0.15, 0.2) is 5.76 Å². The zero-order chi connectivity index (χ0) is 16.9. The first-order valence-electron chi connectivity index (χ1n) is 7.77. The van der Waals surface area contributed by atoms with E-state index in [1.807, 2.05) is 0 Å². The molecule has 0 radical (unpaired) electrons. The van der Waals surface area contributed by atoms with E-state index in [-0.39, 0.29) is 18.2 Å². The van der Waals surface area contributed by atoms with Crippen LogP contribution < -0.4 is 10.6 Å². The number of carbonyl (C=O) groups is 3. The van der Waals surface area contributed by atoms with E-state index in [9.17, 15) is 19.5 Å². The van der Waals surface area contributed by atoms with E-state index in [1.54, 1.807) is 13.0 Å². The van der Waals surface area contributed by atoms with E-state index >= 15 is 0 Å². The van der Waals surface area contributed by atoms with Gasteiger partial charge >= 0.3 is 5.97 Å². The molecule has 0 unspecified atom stereocenters. The number of aryl methyl sites for hydroxylation is 1. The van der Waals surface area contributed by atoms with Crippen molar-refractivity contribution in [1.82, 2.24) is 10.6 Å².